The van der Waals surface area contributed by atoms with Crippen molar-refractivity contribution in [2.45, 2.75) is 27.7 Å². The van der Waals surface area contributed by atoms with Crippen LogP contribution in [-0.2, 0) is 0 Å². The molecule has 2 rings (SSSR count). The van der Waals surface area contributed by atoms with Gasteiger partial charge >= 0.3 is 0 Å². The maximum Gasteiger partial charge on any atom is 0.0390 e. The highest BCUT2D eigenvalue weighted by Gasteiger charge is 2.07. The molecule has 0 aliphatic carbocycles. The summed E-state index contributed by atoms with van der Waals surface area (Å²) in [6.45, 7) is 12.3. The molecule has 0 heterocycles. The Labute approximate surface area is 128 Å². The van der Waals surface area contributed by atoms with E-state index in [0.717, 1.165) is 11.4 Å². The second-order valence-corrected chi connectivity index (χ2v) is 5.43. The van der Waals surface area contributed by atoms with E-state index < -0.39 is 0 Å². The summed E-state index contributed by atoms with van der Waals surface area (Å²) in [4.78, 5) is 0. The topological polar surface area (TPSA) is 12.0 Å². The van der Waals surface area contributed by atoms with Gasteiger partial charge < -0.3 is 5.32 Å². The van der Waals surface area contributed by atoms with Gasteiger partial charge in [-0.2, -0.15) is 0 Å². The predicted octanol–water partition coefficient (Wildman–Crippen LogP) is 5.78. The second-order valence-electron chi connectivity index (χ2n) is 5.43. The number of benzene rings is 2. The molecule has 1 heteroatoms. The Morgan fingerprint density at radius 2 is 1.71 bits per heavy atom. The van der Waals surface area contributed by atoms with Gasteiger partial charge in [0.05, 0.1) is 0 Å². The summed E-state index contributed by atoms with van der Waals surface area (Å²) in [5, 5.41) is 3.38. The Balaban J connectivity index is 2.45. The third-order valence-electron chi connectivity index (χ3n) is 3.65. The van der Waals surface area contributed by atoms with E-state index in [1.165, 1.54) is 27.8 Å². The van der Waals surface area contributed by atoms with Crippen molar-refractivity contribution >= 4 is 5.69 Å². The van der Waals surface area contributed by atoms with Crippen LogP contribution in [0, 0.1) is 20.8 Å². The van der Waals surface area contributed by atoms with Crippen LogP contribution < -0.4 is 5.32 Å². The molecular weight excluding hydrogens is 254 g/mol. The van der Waals surface area contributed by atoms with Crippen molar-refractivity contribution in [1.82, 2.24) is 0 Å². The first-order chi connectivity index (χ1) is 10.0. The lowest BCUT2D eigenvalue weighted by molar-refractivity contribution is 1.32. The van der Waals surface area contributed by atoms with Crippen LogP contribution in [0.15, 0.2) is 60.8 Å². The van der Waals surface area contributed by atoms with E-state index in [9.17, 15) is 0 Å². The average Bonchev–Trinajstić information content (AvgIpc) is 2.44. The molecular formula is C20H23N. The molecule has 0 saturated heterocycles. The lowest BCUT2D eigenvalue weighted by Crippen LogP contribution is -1.97. The maximum atomic E-state index is 3.82. The number of allylic oxidation sites excluding steroid dienone is 2. The fourth-order valence-electron chi connectivity index (χ4n) is 2.80. The summed E-state index contributed by atoms with van der Waals surface area (Å²) >= 11 is 0. The van der Waals surface area contributed by atoms with Crippen LogP contribution in [0.3, 0.4) is 0 Å². The number of rotatable bonds is 4. The molecule has 0 fully saturated rings. The van der Waals surface area contributed by atoms with Gasteiger partial charge in [-0.05, 0) is 68.2 Å². The minimum Gasteiger partial charge on any atom is -0.356 e. The highest BCUT2D eigenvalue weighted by atomic mass is 14.9. The van der Waals surface area contributed by atoms with Gasteiger partial charge in [0.15, 0.2) is 0 Å². The molecule has 0 aromatic heterocycles. The monoisotopic (exact) mass is 277 g/mol. The molecule has 0 amide bonds. The first-order valence-corrected chi connectivity index (χ1v) is 7.29. The molecule has 0 bridgehead atoms. The van der Waals surface area contributed by atoms with Gasteiger partial charge in [-0.1, -0.05) is 42.5 Å². The molecule has 0 saturated carbocycles. The van der Waals surface area contributed by atoms with Crippen LogP contribution in [-0.4, -0.2) is 0 Å². The maximum absolute atomic E-state index is 3.82. The molecule has 0 atom stereocenters. The fourth-order valence-corrected chi connectivity index (χ4v) is 2.80. The van der Waals surface area contributed by atoms with Crippen LogP contribution in [0.25, 0.3) is 11.1 Å². The smallest absolute Gasteiger partial charge is 0.0390 e. The zero-order chi connectivity index (χ0) is 15.4. The predicted molar refractivity (Wildman–Crippen MR) is 93.7 cm³/mol. The summed E-state index contributed by atoms with van der Waals surface area (Å²) < 4.78 is 0. The average molecular weight is 277 g/mol. The zero-order valence-electron chi connectivity index (χ0n) is 13.3. The molecule has 108 valence electrons. The van der Waals surface area contributed by atoms with Gasteiger partial charge in [0.25, 0.3) is 0 Å². The Bertz CT molecular complexity index is 670. The Morgan fingerprint density at radius 3 is 2.29 bits per heavy atom. The first-order valence-electron chi connectivity index (χ1n) is 7.29. The minimum atomic E-state index is 1.02. The SMILES string of the molecule is C=C/C(=C\C)Nc1cccc(-c2c(C)cc(C)cc2C)c1. The van der Waals surface area contributed by atoms with E-state index in [4.69, 9.17) is 0 Å². The van der Waals surface area contributed by atoms with E-state index in [1.807, 2.05) is 19.1 Å². The number of hydrogen-bond donors (Lipinski definition) is 1. The van der Waals surface area contributed by atoms with Gasteiger partial charge in [-0.25, -0.2) is 0 Å². The largest absolute Gasteiger partial charge is 0.356 e. The van der Waals surface area contributed by atoms with Crippen LogP contribution >= 0.6 is 0 Å². The third-order valence-corrected chi connectivity index (χ3v) is 3.65. The van der Waals surface area contributed by atoms with Crippen molar-refractivity contribution in [1.29, 1.82) is 0 Å². The van der Waals surface area contributed by atoms with Gasteiger partial charge in [0.1, 0.15) is 0 Å². The fraction of sp³-hybridized carbons (Fsp3) is 0.200. The summed E-state index contributed by atoms with van der Waals surface area (Å²) in [6.07, 6.45) is 3.84. The Morgan fingerprint density at radius 1 is 1.05 bits per heavy atom. The lowest BCUT2D eigenvalue weighted by Gasteiger charge is -2.14. The first kappa shape index (κ1) is 15.1. The number of anilines is 1. The van der Waals surface area contributed by atoms with Gasteiger partial charge in [0, 0.05) is 11.4 Å². The van der Waals surface area contributed by atoms with Gasteiger partial charge in [-0.3, -0.25) is 0 Å². The molecule has 2 aromatic rings. The highest BCUT2D eigenvalue weighted by molar-refractivity contribution is 5.74. The summed E-state index contributed by atoms with van der Waals surface area (Å²) in [6, 6.07) is 13.0. The molecule has 1 nitrogen and oxygen atoms in total. The third kappa shape index (κ3) is 3.43. The summed E-state index contributed by atoms with van der Waals surface area (Å²) in [5.41, 5.74) is 8.62. The minimum absolute atomic E-state index is 1.02. The Hall–Kier alpha value is -2.28. The van der Waals surface area contributed by atoms with Crippen LogP contribution in [0.1, 0.15) is 23.6 Å². The van der Waals surface area contributed by atoms with Gasteiger partial charge in [-0.15, -0.1) is 0 Å². The Kier molecular flexibility index (Phi) is 4.64. The molecule has 0 unspecified atom stereocenters. The number of nitrogens with one attached hydrogen (secondary N) is 1. The van der Waals surface area contributed by atoms with E-state index in [0.29, 0.717) is 0 Å². The second kappa shape index (κ2) is 6.45. The summed E-state index contributed by atoms with van der Waals surface area (Å²) in [5.74, 6) is 0. The summed E-state index contributed by atoms with van der Waals surface area (Å²) in [7, 11) is 0. The van der Waals surface area contributed by atoms with E-state index >= 15 is 0 Å². The number of aryl methyl sites for hydroxylation is 3. The van der Waals surface area contributed by atoms with Crippen LogP contribution in [0.5, 0.6) is 0 Å². The van der Waals surface area contributed by atoms with Gasteiger partial charge in [0.2, 0.25) is 0 Å². The van der Waals surface area contributed by atoms with Crippen molar-refractivity contribution in [2.24, 2.45) is 0 Å². The number of hydrogen-bond acceptors (Lipinski definition) is 1. The lowest BCUT2D eigenvalue weighted by atomic mass is 9.93. The van der Waals surface area contributed by atoms with Crippen molar-refractivity contribution in [3.05, 3.63) is 77.5 Å². The quantitative estimate of drug-likeness (QED) is 0.698. The molecule has 0 aliphatic rings. The van der Waals surface area contributed by atoms with Crippen molar-refractivity contribution in [3.63, 3.8) is 0 Å². The molecule has 1 N–H and O–H groups in total. The van der Waals surface area contributed by atoms with E-state index in [2.05, 4.69) is 69.1 Å². The standard InChI is InChI=1S/C20H23N/c1-6-18(7-2)21-19-10-8-9-17(13-19)20-15(4)11-14(3)12-16(20)5/h6-13,21H,1H2,2-5H3/b18-7+. The van der Waals surface area contributed by atoms with Crippen molar-refractivity contribution < 1.29 is 0 Å². The molecule has 0 aliphatic heterocycles. The normalized spacial score (nSPS) is 11.3. The van der Waals surface area contributed by atoms with Crippen LogP contribution in [0.4, 0.5) is 5.69 Å². The van der Waals surface area contributed by atoms with Crippen molar-refractivity contribution in [2.75, 3.05) is 5.32 Å². The molecule has 0 spiro atoms. The van der Waals surface area contributed by atoms with Crippen LogP contribution in [0.2, 0.25) is 0 Å². The zero-order valence-corrected chi connectivity index (χ0v) is 13.3. The molecule has 21 heavy (non-hydrogen) atoms. The highest BCUT2D eigenvalue weighted by Crippen LogP contribution is 2.30. The molecule has 0 radical (unpaired) electrons. The van der Waals surface area contributed by atoms with Crippen molar-refractivity contribution in [3.8, 4) is 11.1 Å². The van der Waals surface area contributed by atoms with E-state index in [-0.39, 0.29) is 0 Å². The molecule has 2 aromatic carbocycles. The van der Waals surface area contributed by atoms with E-state index in [1.54, 1.807) is 0 Å².